The van der Waals surface area contributed by atoms with Crippen LogP contribution in [0.5, 0.6) is 0 Å². The van der Waals surface area contributed by atoms with Gasteiger partial charge in [-0.15, -0.1) is 11.3 Å². The Morgan fingerprint density at radius 1 is 1.30 bits per heavy atom. The molecule has 1 heterocycles. The van der Waals surface area contributed by atoms with Gasteiger partial charge in [0.1, 0.15) is 9.84 Å². The van der Waals surface area contributed by atoms with Gasteiger partial charge < -0.3 is 5.32 Å². The number of fused-ring (bicyclic) bond motifs is 1. The SMILES string of the molecule is CS(=O)(=O)C1CCCC(NCc2cc3c(s2)CCC3)C1. The highest BCUT2D eigenvalue weighted by molar-refractivity contribution is 7.91. The lowest BCUT2D eigenvalue weighted by Crippen LogP contribution is -2.38. The molecule has 0 saturated heterocycles. The molecule has 1 saturated carbocycles. The molecule has 1 fully saturated rings. The Hall–Kier alpha value is -0.390. The monoisotopic (exact) mass is 313 g/mol. The van der Waals surface area contributed by atoms with Crippen LogP contribution >= 0.6 is 11.3 Å². The topological polar surface area (TPSA) is 46.2 Å². The molecule has 0 radical (unpaired) electrons. The maximum absolute atomic E-state index is 11.7. The van der Waals surface area contributed by atoms with Crippen LogP contribution in [0.4, 0.5) is 0 Å². The van der Waals surface area contributed by atoms with Crippen molar-refractivity contribution in [2.75, 3.05) is 6.26 Å². The summed E-state index contributed by atoms with van der Waals surface area (Å²) in [6.07, 6.45) is 8.93. The van der Waals surface area contributed by atoms with Gasteiger partial charge in [0, 0.05) is 28.6 Å². The third kappa shape index (κ3) is 3.26. The molecule has 1 aromatic heterocycles. The number of sulfone groups is 1. The molecule has 0 spiro atoms. The summed E-state index contributed by atoms with van der Waals surface area (Å²) in [4.78, 5) is 2.98. The molecule has 2 aliphatic rings. The molecule has 0 aromatic carbocycles. The van der Waals surface area contributed by atoms with E-state index in [2.05, 4.69) is 11.4 Å². The fourth-order valence-electron chi connectivity index (χ4n) is 3.44. The molecule has 0 aliphatic heterocycles. The molecule has 1 aromatic rings. The summed E-state index contributed by atoms with van der Waals surface area (Å²) in [5.74, 6) is 0. The molecule has 1 N–H and O–H groups in total. The first-order valence-corrected chi connectivity index (χ1v) is 10.3. The number of rotatable bonds is 4. The molecule has 2 aliphatic carbocycles. The fraction of sp³-hybridized carbons (Fsp3) is 0.733. The van der Waals surface area contributed by atoms with E-state index in [1.165, 1.54) is 30.4 Å². The van der Waals surface area contributed by atoms with Gasteiger partial charge in [-0.1, -0.05) is 6.42 Å². The fourth-order valence-corrected chi connectivity index (χ4v) is 5.83. The summed E-state index contributed by atoms with van der Waals surface area (Å²) >= 11 is 1.94. The second kappa shape index (κ2) is 5.78. The number of aryl methyl sites for hydroxylation is 2. The van der Waals surface area contributed by atoms with Gasteiger partial charge in [-0.05, 0) is 50.2 Å². The van der Waals surface area contributed by atoms with Crippen LogP contribution in [0.15, 0.2) is 6.07 Å². The zero-order valence-corrected chi connectivity index (χ0v) is 13.7. The normalized spacial score (nSPS) is 26.6. The maximum Gasteiger partial charge on any atom is 0.150 e. The first-order valence-electron chi connectivity index (χ1n) is 7.55. The third-order valence-electron chi connectivity index (χ3n) is 4.59. The van der Waals surface area contributed by atoms with E-state index in [1.54, 1.807) is 10.4 Å². The van der Waals surface area contributed by atoms with Gasteiger partial charge in [-0.3, -0.25) is 0 Å². The first-order chi connectivity index (χ1) is 9.52. The minimum atomic E-state index is -2.88. The van der Waals surface area contributed by atoms with Gasteiger partial charge in [0.2, 0.25) is 0 Å². The molecular formula is C15H23NO2S2. The number of thiophene rings is 1. The second-order valence-electron chi connectivity index (χ2n) is 6.21. The van der Waals surface area contributed by atoms with Crippen LogP contribution < -0.4 is 5.32 Å². The van der Waals surface area contributed by atoms with Crippen LogP contribution in [-0.4, -0.2) is 26.0 Å². The quantitative estimate of drug-likeness (QED) is 0.929. The Morgan fingerprint density at radius 3 is 2.90 bits per heavy atom. The van der Waals surface area contributed by atoms with E-state index in [0.29, 0.717) is 6.04 Å². The Balaban J connectivity index is 1.55. The Labute approximate surface area is 125 Å². The molecule has 112 valence electrons. The van der Waals surface area contributed by atoms with Crippen molar-refractivity contribution < 1.29 is 8.42 Å². The standard InChI is InChI=1S/C15H23NO2S2/c1-20(17,18)14-6-3-5-12(9-14)16-10-13-8-11-4-2-7-15(11)19-13/h8,12,14,16H,2-7,9-10H2,1H3. The van der Waals surface area contributed by atoms with Crippen LogP contribution in [0, 0.1) is 0 Å². The van der Waals surface area contributed by atoms with Crippen molar-refractivity contribution in [3.8, 4) is 0 Å². The van der Waals surface area contributed by atoms with Crippen LogP contribution in [0.3, 0.4) is 0 Å². The van der Waals surface area contributed by atoms with Crippen LogP contribution in [0.25, 0.3) is 0 Å². The average Bonchev–Trinajstić information content (AvgIpc) is 2.96. The van der Waals surface area contributed by atoms with E-state index < -0.39 is 9.84 Å². The van der Waals surface area contributed by atoms with Gasteiger partial charge in [0.05, 0.1) is 5.25 Å². The largest absolute Gasteiger partial charge is 0.309 e. The molecule has 0 bridgehead atoms. The van der Waals surface area contributed by atoms with Crippen LogP contribution in [-0.2, 0) is 29.2 Å². The van der Waals surface area contributed by atoms with Gasteiger partial charge in [0.25, 0.3) is 0 Å². The summed E-state index contributed by atoms with van der Waals surface area (Å²) in [6.45, 7) is 0.902. The van der Waals surface area contributed by atoms with Gasteiger partial charge in [0.15, 0.2) is 0 Å². The van der Waals surface area contributed by atoms with E-state index in [9.17, 15) is 8.42 Å². The van der Waals surface area contributed by atoms with E-state index >= 15 is 0 Å². The molecule has 0 amide bonds. The number of nitrogens with one attached hydrogen (secondary N) is 1. The lowest BCUT2D eigenvalue weighted by atomic mass is 9.95. The first kappa shape index (κ1) is 14.5. The van der Waals surface area contributed by atoms with E-state index in [4.69, 9.17) is 0 Å². The Bertz CT molecular complexity index is 555. The van der Waals surface area contributed by atoms with Crippen molar-refractivity contribution in [1.29, 1.82) is 0 Å². The number of hydrogen-bond acceptors (Lipinski definition) is 4. The van der Waals surface area contributed by atoms with Crippen molar-refractivity contribution >= 4 is 21.2 Å². The summed E-state index contributed by atoms with van der Waals surface area (Å²) in [6, 6.07) is 2.71. The zero-order valence-electron chi connectivity index (χ0n) is 12.0. The summed E-state index contributed by atoms with van der Waals surface area (Å²) in [7, 11) is -2.88. The Kier molecular flexibility index (Phi) is 4.20. The summed E-state index contributed by atoms with van der Waals surface area (Å²) in [5.41, 5.74) is 1.55. The zero-order chi connectivity index (χ0) is 14.2. The minimum Gasteiger partial charge on any atom is -0.309 e. The molecular weight excluding hydrogens is 290 g/mol. The molecule has 5 heteroatoms. The van der Waals surface area contributed by atoms with E-state index in [0.717, 1.165) is 32.2 Å². The van der Waals surface area contributed by atoms with Gasteiger partial charge >= 0.3 is 0 Å². The van der Waals surface area contributed by atoms with Crippen molar-refractivity contribution in [2.45, 2.75) is 62.8 Å². The second-order valence-corrected chi connectivity index (χ2v) is 9.76. The molecule has 2 atom stereocenters. The van der Waals surface area contributed by atoms with Crippen molar-refractivity contribution in [2.24, 2.45) is 0 Å². The highest BCUT2D eigenvalue weighted by Gasteiger charge is 2.28. The predicted molar refractivity (Wildman–Crippen MR) is 84.1 cm³/mol. The lowest BCUT2D eigenvalue weighted by Gasteiger charge is -2.28. The van der Waals surface area contributed by atoms with Gasteiger partial charge in [-0.25, -0.2) is 8.42 Å². The number of hydrogen-bond donors (Lipinski definition) is 1. The third-order valence-corrected chi connectivity index (χ3v) is 7.47. The molecule has 20 heavy (non-hydrogen) atoms. The van der Waals surface area contributed by atoms with Crippen molar-refractivity contribution in [3.05, 3.63) is 21.4 Å². The van der Waals surface area contributed by atoms with E-state index in [-0.39, 0.29) is 5.25 Å². The maximum atomic E-state index is 11.7. The van der Waals surface area contributed by atoms with Gasteiger partial charge in [-0.2, -0.15) is 0 Å². The van der Waals surface area contributed by atoms with E-state index in [1.807, 2.05) is 11.3 Å². The Morgan fingerprint density at radius 2 is 2.15 bits per heavy atom. The molecule has 3 nitrogen and oxygen atoms in total. The summed E-state index contributed by atoms with van der Waals surface area (Å²) in [5, 5.41) is 3.44. The molecule has 3 rings (SSSR count). The average molecular weight is 313 g/mol. The minimum absolute atomic E-state index is 0.137. The smallest absolute Gasteiger partial charge is 0.150 e. The summed E-state index contributed by atoms with van der Waals surface area (Å²) < 4.78 is 23.3. The molecule has 2 unspecified atom stereocenters. The van der Waals surface area contributed by atoms with Crippen LogP contribution in [0.2, 0.25) is 0 Å². The predicted octanol–water partition coefficient (Wildman–Crippen LogP) is 2.68. The van der Waals surface area contributed by atoms with Crippen LogP contribution in [0.1, 0.15) is 47.4 Å². The van der Waals surface area contributed by atoms with Crippen molar-refractivity contribution in [1.82, 2.24) is 5.32 Å². The highest BCUT2D eigenvalue weighted by Crippen LogP contribution is 2.31. The lowest BCUT2D eigenvalue weighted by molar-refractivity contribution is 0.372. The highest BCUT2D eigenvalue weighted by atomic mass is 32.2. The van der Waals surface area contributed by atoms with Crippen molar-refractivity contribution in [3.63, 3.8) is 0 Å².